The summed E-state index contributed by atoms with van der Waals surface area (Å²) in [5, 5.41) is 9.23. The maximum atomic E-state index is 12.4. The van der Waals surface area contributed by atoms with Gasteiger partial charge in [-0.25, -0.2) is 4.79 Å². The van der Waals surface area contributed by atoms with Crippen LogP contribution in [-0.2, 0) is 6.61 Å². The zero-order chi connectivity index (χ0) is 22.2. The van der Waals surface area contributed by atoms with Gasteiger partial charge >= 0.3 is 6.03 Å². The Morgan fingerprint density at radius 2 is 1.81 bits per heavy atom. The summed E-state index contributed by atoms with van der Waals surface area (Å²) in [6, 6.07) is 13.8. The van der Waals surface area contributed by atoms with Crippen LogP contribution < -0.4 is 15.4 Å². The lowest BCUT2D eigenvalue weighted by molar-refractivity contribution is 0.104. The predicted molar refractivity (Wildman–Crippen MR) is 117 cm³/mol. The molecule has 0 fully saturated rings. The molecule has 0 radical (unpaired) electrons. The molecule has 0 saturated carbocycles. The number of ether oxygens (including phenoxy) is 1. The first kappa shape index (κ1) is 21.8. The summed E-state index contributed by atoms with van der Waals surface area (Å²) >= 11 is 0. The lowest BCUT2D eigenvalue weighted by atomic mass is 10.1. The summed E-state index contributed by atoms with van der Waals surface area (Å²) in [5.41, 5.74) is 2.01. The van der Waals surface area contributed by atoms with Crippen molar-refractivity contribution >= 4 is 23.6 Å². The van der Waals surface area contributed by atoms with E-state index in [-0.39, 0.29) is 24.5 Å². The number of nitrogens with one attached hydrogen (secondary N) is 2. The van der Waals surface area contributed by atoms with E-state index < -0.39 is 0 Å². The second-order valence-corrected chi connectivity index (χ2v) is 7.12. The zero-order valence-electron chi connectivity index (χ0n) is 17.6. The first-order valence-electron chi connectivity index (χ1n) is 9.81. The van der Waals surface area contributed by atoms with Gasteiger partial charge in [-0.05, 0) is 61.9 Å². The molecule has 8 heteroatoms. The van der Waals surface area contributed by atoms with E-state index in [0.29, 0.717) is 28.7 Å². The largest absolute Gasteiger partial charge is 0.485 e. The normalized spacial score (nSPS) is 11.0. The molecule has 0 aliphatic carbocycles. The number of aryl methyl sites for hydroxylation is 1. The van der Waals surface area contributed by atoms with Gasteiger partial charge in [0.1, 0.15) is 5.75 Å². The Bertz CT molecular complexity index is 1050. The number of rotatable bonds is 8. The Kier molecular flexibility index (Phi) is 7.16. The first-order valence-corrected chi connectivity index (χ1v) is 9.81. The third-order valence-electron chi connectivity index (χ3n) is 4.09. The second-order valence-electron chi connectivity index (χ2n) is 7.12. The topological polar surface area (TPSA) is 106 Å². The van der Waals surface area contributed by atoms with Crippen LogP contribution in [-0.4, -0.2) is 28.0 Å². The predicted octanol–water partition coefficient (Wildman–Crippen LogP) is 4.38. The lowest BCUT2D eigenvalue weighted by Gasteiger charge is -2.10. The minimum absolute atomic E-state index is 0.0429. The molecule has 0 saturated heterocycles. The summed E-state index contributed by atoms with van der Waals surface area (Å²) < 4.78 is 10.5. The number of benzene rings is 2. The fraction of sp³-hybridized carbons (Fsp3) is 0.217. The highest BCUT2D eigenvalue weighted by Crippen LogP contribution is 2.16. The molecule has 160 valence electrons. The maximum absolute atomic E-state index is 12.4. The van der Waals surface area contributed by atoms with E-state index in [2.05, 4.69) is 20.8 Å². The van der Waals surface area contributed by atoms with Crippen LogP contribution in [0.5, 0.6) is 5.75 Å². The van der Waals surface area contributed by atoms with E-state index in [0.717, 1.165) is 5.56 Å². The van der Waals surface area contributed by atoms with Crippen molar-refractivity contribution in [3.63, 3.8) is 0 Å². The van der Waals surface area contributed by atoms with Gasteiger partial charge < -0.3 is 19.9 Å². The molecule has 2 N–H and O–H groups in total. The van der Waals surface area contributed by atoms with Gasteiger partial charge in [-0.15, -0.1) is 0 Å². The van der Waals surface area contributed by atoms with Gasteiger partial charge in [0.15, 0.2) is 12.4 Å². The number of hydrogen-bond acceptors (Lipinski definition) is 6. The van der Waals surface area contributed by atoms with Crippen LogP contribution in [0.15, 0.2) is 59.1 Å². The zero-order valence-corrected chi connectivity index (χ0v) is 17.6. The van der Waals surface area contributed by atoms with Crippen LogP contribution in [0.1, 0.15) is 41.5 Å². The van der Waals surface area contributed by atoms with Crippen LogP contribution in [0, 0.1) is 6.92 Å². The van der Waals surface area contributed by atoms with Gasteiger partial charge in [-0.1, -0.05) is 23.4 Å². The van der Waals surface area contributed by atoms with E-state index in [4.69, 9.17) is 9.26 Å². The van der Waals surface area contributed by atoms with Crippen LogP contribution >= 0.6 is 0 Å². The number of aromatic nitrogens is 2. The Morgan fingerprint density at radius 1 is 1.10 bits per heavy atom. The van der Waals surface area contributed by atoms with E-state index >= 15 is 0 Å². The molecule has 31 heavy (non-hydrogen) atoms. The highest BCUT2D eigenvalue weighted by molar-refractivity contribution is 6.07. The monoisotopic (exact) mass is 420 g/mol. The minimum atomic E-state index is -0.284. The Balaban J connectivity index is 1.52. The van der Waals surface area contributed by atoms with Gasteiger partial charge in [-0.3, -0.25) is 4.79 Å². The average Bonchev–Trinajstić information content (AvgIpc) is 3.16. The summed E-state index contributed by atoms with van der Waals surface area (Å²) in [6.07, 6.45) is 3.24. The number of hydrogen-bond donors (Lipinski definition) is 2. The molecule has 0 aliphatic heterocycles. The molecule has 2 aromatic carbocycles. The fourth-order valence-corrected chi connectivity index (χ4v) is 2.64. The molecule has 8 nitrogen and oxygen atoms in total. The van der Waals surface area contributed by atoms with E-state index in [9.17, 15) is 9.59 Å². The van der Waals surface area contributed by atoms with Crippen molar-refractivity contribution in [2.75, 3.05) is 5.32 Å². The third-order valence-corrected chi connectivity index (χ3v) is 4.09. The van der Waals surface area contributed by atoms with Crippen LogP contribution in [0.25, 0.3) is 6.08 Å². The van der Waals surface area contributed by atoms with Gasteiger partial charge in [-0.2, -0.15) is 4.98 Å². The van der Waals surface area contributed by atoms with E-state index in [1.165, 1.54) is 6.08 Å². The summed E-state index contributed by atoms with van der Waals surface area (Å²) in [6.45, 7) is 5.70. The molecule has 3 aromatic rings. The van der Waals surface area contributed by atoms with Crippen LogP contribution in [0.2, 0.25) is 0 Å². The van der Waals surface area contributed by atoms with E-state index in [1.807, 2.05) is 26.0 Å². The quantitative estimate of drug-likeness (QED) is 0.414. The number of ketones is 1. The summed E-state index contributed by atoms with van der Waals surface area (Å²) in [7, 11) is 0. The number of carbonyl (C=O) groups excluding carboxylic acids is 2. The van der Waals surface area contributed by atoms with Gasteiger partial charge in [0.25, 0.3) is 0 Å². The lowest BCUT2D eigenvalue weighted by Crippen LogP contribution is -2.34. The standard InChI is InChI=1S/C23H24N4O4/c1-15(2)24-23(29)26-19-9-7-18(8-10-19)21(28)13-6-17-4-11-20(12-5-17)30-14-22-25-16(3)31-27-22/h4-13,15H,14H2,1-3H3,(H2,24,26,29)/b13-6+. The molecule has 0 unspecified atom stereocenters. The second kappa shape index (κ2) is 10.2. The van der Waals surface area contributed by atoms with Crippen molar-refractivity contribution in [1.82, 2.24) is 15.5 Å². The average molecular weight is 420 g/mol. The number of allylic oxidation sites excluding steroid dienone is 1. The molecule has 0 aliphatic rings. The first-order chi connectivity index (χ1) is 14.9. The van der Waals surface area contributed by atoms with Crippen molar-refractivity contribution in [2.45, 2.75) is 33.4 Å². The molecule has 0 atom stereocenters. The van der Waals surface area contributed by atoms with Crippen LogP contribution in [0.3, 0.4) is 0 Å². The molecule has 1 heterocycles. The van der Waals surface area contributed by atoms with Crippen molar-refractivity contribution in [3.8, 4) is 5.75 Å². The Hall–Kier alpha value is -3.94. The minimum Gasteiger partial charge on any atom is -0.485 e. The SMILES string of the molecule is Cc1nc(COc2ccc(/C=C/C(=O)c3ccc(NC(=O)NC(C)C)cc3)cc2)no1. The highest BCUT2D eigenvalue weighted by atomic mass is 16.5. The third kappa shape index (κ3) is 6.81. The van der Waals surface area contributed by atoms with Gasteiger partial charge in [0.05, 0.1) is 0 Å². The number of nitrogens with zero attached hydrogens (tertiary/aromatic N) is 2. The molecule has 0 bridgehead atoms. The molecular weight excluding hydrogens is 396 g/mol. The van der Waals surface area contributed by atoms with Gasteiger partial charge in [0.2, 0.25) is 11.7 Å². The smallest absolute Gasteiger partial charge is 0.319 e. The Morgan fingerprint density at radius 3 is 2.42 bits per heavy atom. The number of amides is 2. The Labute approximate surface area is 180 Å². The van der Waals surface area contributed by atoms with Crippen molar-refractivity contribution in [1.29, 1.82) is 0 Å². The van der Waals surface area contributed by atoms with Crippen molar-refractivity contribution in [3.05, 3.63) is 77.4 Å². The molecule has 1 aromatic heterocycles. The highest BCUT2D eigenvalue weighted by Gasteiger charge is 2.06. The molecule has 3 rings (SSSR count). The van der Waals surface area contributed by atoms with Crippen molar-refractivity contribution < 1.29 is 18.8 Å². The molecule has 0 spiro atoms. The molecular formula is C23H24N4O4. The van der Waals surface area contributed by atoms with Crippen LogP contribution in [0.4, 0.5) is 10.5 Å². The number of urea groups is 1. The van der Waals surface area contributed by atoms with Crippen molar-refractivity contribution in [2.24, 2.45) is 0 Å². The van der Waals surface area contributed by atoms with Gasteiger partial charge in [0, 0.05) is 24.2 Å². The van der Waals surface area contributed by atoms with E-state index in [1.54, 1.807) is 49.4 Å². The summed E-state index contributed by atoms with van der Waals surface area (Å²) in [5.74, 6) is 1.50. The fourth-order valence-electron chi connectivity index (χ4n) is 2.64. The number of anilines is 1. The summed E-state index contributed by atoms with van der Waals surface area (Å²) in [4.78, 5) is 28.2. The molecule has 2 amide bonds. The number of carbonyl (C=O) groups is 2. The maximum Gasteiger partial charge on any atom is 0.319 e.